The molecule has 0 radical (unpaired) electrons. The van der Waals surface area contributed by atoms with E-state index in [0.29, 0.717) is 33.5 Å². The highest BCUT2D eigenvalue weighted by atomic mass is 35.5. The molecule has 2 amide bonds. The second kappa shape index (κ2) is 9.11. The standard InChI is InChI=1S/C18H22Cl2N2O3/c1-3-4-5-6-9-25-17(23)15-11(2)21-18(24)22-16(15)13-8-7-12(19)10-14(13)20/h7-8,10,16H,3-6,9H2,1-2H3,(H2,21,22,24). The highest BCUT2D eigenvalue weighted by Gasteiger charge is 2.33. The Kier molecular flexibility index (Phi) is 7.14. The second-order valence-electron chi connectivity index (χ2n) is 5.93. The van der Waals surface area contributed by atoms with Gasteiger partial charge in [0.2, 0.25) is 0 Å². The van der Waals surface area contributed by atoms with Crippen LogP contribution >= 0.6 is 23.2 Å². The highest BCUT2D eigenvalue weighted by Crippen LogP contribution is 2.33. The largest absolute Gasteiger partial charge is 0.462 e. The molecule has 1 atom stereocenters. The fourth-order valence-electron chi connectivity index (χ4n) is 2.70. The number of allylic oxidation sites excluding steroid dienone is 1. The molecular weight excluding hydrogens is 363 g/mol. The van der Waals surface area contributed by atoms with Gasteiger partial charge >= 0.3 is 12.0 Å². The van der Waals surface area contributed by atoms with Crippen molar-refractivity contribution in [2.75, 3.05) is 6.61 Å². The fourth-order valence-corrected chi connectivity index (χ4v) is 3.22. The summed E-state index contributed by atoms with van der Waals surface area (Å²) in [6, 6.07) is 3.87. The molecule has 0 fully saturated rings. The molecule has 136 valence electrons. The molecule has 1 aliphatic heterocycles. The quantitative estimate of drug-likeness (QED) is 0.526. The summed E-state index contributed by atoms with van der Waals surface area (Å²) in [5, 5.41) is 6.20. The lowest BCUT2D eigenvalue weighted by Gasteiger charge is -2.28. The second-order valence-corrected chi connectivity index (χ2v) is 6.78. The maximum absolute atomic E-state index is 12.6. The van der Waals surface area contributed by atoms with E-state index in [1.807, 2.05) is 0 Å². The van der Waals surface area contributed by atoms with E-state index in [2.05, 4.69) is 17.6 Å². The van der Waals surface area contributed by atoms with Gasteiger partial charge in [-0.3, -0.25) is 0 Å². The molecule has 1 unspecified atom stereocenters. The average Bonchev–Trinajstić information content (AvgIpc) is 2.53. The van der Waals surface area contributed by atoms with Crippen LogP contribution in [0.1, 0.15) is 51.1 Å². The molecule has 2 N–H and O–H groups in total. The zero-order valence-electron chi connectivity index (χ0n) is 14.3. The molecule has 0 bridgehead atoms. The summed E-state index contributed by atoms with van der Waals surface area (Å²) in [5.74, 6) is -0.461. The first-order valence-electron chi connectivity index (χ1n) is 8.34. The smallest absolute Gasteiger partial charge is 0.338 e. The van der Waals surface area contributed by atoms with Crippen LogP contribution in [0.25, 0.3) is 0 Å². The Morgan fingerprint density at radius 2 is 2.00 bits per heavy atom. The topological polar surface area (TPSA) is 67.4 Å². The third-order valence-electron chi connectivity index (χ3n) is 3.99. The SMILES string of the molecule is CCCCCCOC(=O)C1=C(C)NC(=O)NC1c1ccc(Cl)cc1Cl. The minimum atomic E-state index is -0.679. The monoisotopic (exact) mass is 384 g/mol. The van der Waals surface area contributed by atoms with E-state index in [0.717, 1.165) is 25.7 Å². The van der Waals surface area contributed by atoms with Gasteiger partial charge in [-0.2, -0.15) is 0 Å². The van der Waals surface area contributed by atoms with Crippen molar-refractivity contribution < 1.29 is 14.3 Å². The van der Waals surface area contributed by atoms with Crippen LogP contribution in [-0.4, -0.2) is 18.6 Å². The molecule has 0 saturated heterocycles. The Morgan fingerprint density at radius 3 is 2.68 bits per heavy atom. The van der Waals surface area contributed by atoms with E-state index in [9.17, 15) is 9.59 Å². The number of esters is 1. The number of hydrogen-bond acceptors (Lipinski definition) is 3. The Labute approximate surface area is 157 Å². The minimum Gasteiger partial charge on any atom is -0.462 e. The van der Waals surface area contributed by atoms with Gasteiger partial charge < -0.3 is 15.4 Å². The van der Waals surface area contributed by atoms with Crippen LogP contribution in [-0.2, 0) is 9.53 Å². The molecule has 1 heterocycles. The number of hydrogen-bond donors (Lipinski definition) is 2. The molecule has 5 nitrogen and oxygen atoms in total. The molecule has 1 aromatic rings. The van der Waals surface area contributed by atoms with Crippen molar-refractivity contribution in [2.45, 2.75) is 45.6 Å². The van der Waals surface area contributed by atoms with Gasteiger partial charge in [-0.15, -0.1) is 0 Å². The molecule has 0 spiro atoms. The van der Waals surface area contributed by atoms with Crippen molar-refractivity contribution in [1.29, 1.82) is 0 Å². The number of carbonyl (C=O) groups excluding carboxylic acids is 2. The van der Waals surface area contributed by atoms with Crippen LogP contribution in [0.5, 0.6) is 0 Å². The maximum atomic E-state index is 12.6. The molecule has 2 rings (SSSR count). The summed E-state index contributed by atoms with van der Waals surface area (Å²) >= 11 is 12.2. The van der Waals surface area contributed by atoms with Gasteiger partial charge in [0, 0.05) is 15.7 Å². The van der Waals surface area contributed by atoms with E-state index in [-0.39, 0.29) is 0 Å². The van der Waals surface area contributed by atoms with E-state index in [1.54, 1.807) is 25.1 Å². The van der Waals surface area contributed by atoms with Crippen molar-refractivity contribution >= 4 is 35.2 Å². The number of rotatable bonds is 7. The number of nitrogens with one attached hydrogen (secondary N) is 2. The highest BCUT2D eigenvalue weighted by molar-refractivity contribution is 6.35. The van der Waals surface area contributed by atoms with Gasteiger partial charge in [0.05, 0.1) is 18.2 Å². The summed E-state index contributed by atoms with van der Waals surface area (Å²) in [6.07, 6.45) is 4.06. The minimum absolute atomic E-state index is 0.347. The summed E-state index contributed by atoms with van der Waals surface area (Å²) in [6.45, 7) is 4.14. The van der Waals surface area contributed by atoms with Gasteiger partial charge in [0.15, 0.2) is 0 Å². The van der Waals surface area contributed by atoms with Crippen LogP contribution in [0, 0.1) is 0 Å². The zero-order valence-corrected chi connectivity index (χ0v) is 15.8. The van der Waals surface area contributed by atoms with Crippen molar-refractivity contribution in [3.63, 3.8) is 0 Å². The molecule has 0 aliphatic carbocycles. The first kappa shape index (κ1) is 19.6. The average molecular weight is 385 g/mol. The number of amides is 2. The lowest BCUT2D eigenvalue weighted by atomic mass is 9.95. The summed E-state index contributed by atoms with van der Waals surface area (Å²) in [7, 11) is 0. The van der Waals surface area contributed by atoms with Gasteiger partial charge in [0.1, 0.15) is 0 Å². The number of halogens is 2. The van der Waals surface area contributed by atoms with Crippen molar-refractivity contribution in [1.82, 2.24) is 10.6 Å². The van der Waals surface area contributed by atoms with Crippen molar-refractivity contribution in [3.8, 4) is 0 Å². The first-order valence-corrected chi connectivity index (χ1v) is 9.10. The maximum Gasteiger partial charge on any atom is 0.338 e. The number of unbranched alkanes of at least 4 members (excludes halogenated alkanes) is 3. The van der Waals surface area contributed by atoms with Crippen LogP contribution in [0.2, 0.25) is 10.0 Å². The Bertz CT molecular complexity index is 689. The first-order chi connectivity index (χ1) is 11.9. The Hall–Kier alpha value is -1.72. The molecular formula is C18H22Cl2N2O3. The van der Waals surface area contributed by atoms with E-state index in [1.165, 1.54) is 0 Å². The van der Waals surface area contributed by atoms with E-state index >= 15 is 0 Å². The number of carbonyl (C=O) groups is 2. The number of ether oxygens (including phenoxy) is 1. The Morgan fingerprint density at radius 1 is 1.24 bits per heavy atom. The van der Waals surface area contributed by atoms with Gasteiger partial charge in [-0.05, 0) is 31.0 Å². The predicted molar refractivity (Wildman–Crippen MR) is 98.7 cm³/mol. The predicted octanol–water partition coefficient (Wildman–Crippen LogP) is 4.74. The van der Waals surface area contributed by atoms with Crippen molar-refractivity contribution in [2.24, 2.45) is 0 Å². The normalized spacial score (nSPS) is 17.1. The molecule has 1 aromatic carbocycles. The number of urea groups is 1. The van der Waals surface area contributed by atoms with Crippen LogP contribution in [0.3, 0.4) is 0 Å². The van der Waals surface area contributed by atoms with Gasteiger partial charge in [0.25, 0.3) is 0 Å². The molecule has 25 heavy (non-hydrogen) atoms. The molecule has 1 aliphatic rings. The van der Waals surface area contributed by atoms with E-state index < -0.39 is 18.0 Å². The summed E-state index contributed by atoms with van der Waals surface area (Å²) < 4.78 is 5.39. The zero-order chi connectivity index (χ0) is 18.4. The lowest BCUT2D eigenvalue weighted by Crippen LogP contribution is -2.45. The summed E-state index contributed by atoms with van der Waals surface area (Å²) in [5.41, 5.74) is 1.40. The lowest BCUT2D eigenvalue weighted by molar-refractivity contribution is -0.139. The van der Waals surface area contributed by atoms with Crippen molar-refractivity contribution in [3.05, 3.63) is 45.1 Å². The third-order valence-corrected chi connectivity index (χ3v) is 4.56. The number of benzene rings is 1. The molecule has 0 saturated carbocycles. The molecule has 7 heteroatoms. The molecule has 0 aromatic heterocycles. The summed E-state index contributed by atoms with van der Waals surface area (Å²) in [4.78, 5) is 24.4. The van der Waals surface area contributed by atoms with Crippen LogP contribution < -0.4 is 10.6 Å². The van der Waals surface area contributed by atoms with Gasteiger partial charge in [-0.1, -0.05) is 55.5 Å². The van der Waals surface area contributed by atoms with E-state index in [4.69, 9.17) is 27.9 Å². The third kappa shape index (κ3) is 5.13. The Balaban J connectivity index is 2.20. The van der Waals surface area contributed by atoms with Gasteiger partial charge in [-0.25, -0.2) is 9.59 Å². The van der Waals surface area contributed by atoms with Crippen LogP contribution in [0.4, 0.5) is 4.79 Å². The fraction of sp³-hybridized carbons (Fsp3) is 0.444. The van der Waals surface area contributed by atoms with Crippen LogP contribution in [0.15, 0.2) is 29.5 Å².